The monoisotopic (exact) mass is 291 g/mol. The van der Waals surface area contributed by atoms with Crippen LogP contribution in [0.25, 0.3) is 0 Å². The molecule has 0 heterocycles. The maximum absolute atomic E-state index is 13.5. The first-order valence-corrected chi connectivity index (χ1v) is 5.75. The van der Waals surface area contributed by atoms with Crippen molar-refractivity contribution in [2.75, 3.05) is 5.32 Å². The van der Waals surface area contributed by atoms with Crippen LogP contribution in [0.3, 0.4) is 0 Å². The highest BCUT2D eigenvalue weighted by Crippen LogP contribution is 2.27. The van der Waals surface area contributed by atoms with Gasteiger partial charge in [0.05, 0.1) is 5.56 Å². The molecule has 0 atom stereocenters. The summed E-state index contributed by atoms with van der Waals surface area (Å²) in [4.78, 5) is 22.6. The van der Waals surface area contributed by atoms with E-state index < -0.39 is 34.8 Å². The average molecular weight is 291 g/mol. The molecule has 1 amide bonds. The lowest BCUT2D eigenvalue weighted by molar-refractivity contribution is 0.0691. The van der Waals surface area contributed by atoms with Gasteiger partial charge in [-0.2, -0.15) is 0 Å². The van der Waals surface area contributed by atoms with E-state index in [2.05, 4.69) is 5.32 Å². The first kappa shape index (κ1) is 14.3. The highest BCUT2D eigenvalue weighted by atomic mass is 19.1. The van der Waals surface area contributed by atoms with E-state index in [1.54, 1.807) is 0 Å². The molecule has 0 radical (unpaired) electrons. The molecule has 2 rings (SSSR count). The third-order valence-corrected chi connectivity index (χ3v) is 2.70. The van der Waals surface area contributed by atoms with Gasteiger partial charge < -0.3 is 20.6 Å². The SMILES string of the molecule is O=C(O)c1ccc(NC(=O)c2c(O)cccc2O)cc1F. The van der Waals surface area contributed by atoms with Crippen molar-refractivity contribution in [2.45, 2.75) is 0 Å². The molecule has 0 fully saturated rings. The number of benzene rings is 2. The number of carbonyl (C=O) groups is 2. The summed E-state index contributed by atoms with van der Waals surface area (Å²) < 4.78 is 13.5. The van der Waals surface area contributed by atoms with Gasteiger partial charge in [-0.1, -0.05) is 6.07 Å². The van der Waals surface area contributed by atoms with Gasteiger partial charge in [0.25, 0.3) is 5.91 Å². The Bertz CT molecular complexity index is 709. The number of phenolic OH excluding ortho intramolecular Hbond substituents is 2. The Balaban J connectivity index is 2.28. The minimum atomic E-state index is -1.43. The van der Waals surface area contributed by atoms with Crippen LogP contribution in [0.15, 0.2) is 36.4 Å². The lowest BCUT2D eigenvalue weighted by Gasteiger charge is -2.09. The Morgan fingerprint density at radius 1 is 1.05 bits per heavy atom. The highest BCUT2D eigenvalue weighted by Gasteiger charge is 2.17. The van der Waals surface area contributed by atoms with Gasteiger partial charge >= 0.3 is 5.97 Å². The van der Waals surface area contributed by atoms with E-state index in [0.29, 0.717) is 0 Å². The van der Waals surface area contributed by atoms with Crippen molar-refractivity contribution < 1.29 is 29.3 Å². The van der Waals surface area contributed by atoms with Crippen molar-refractivity contribution in [3.8, 4) is 11.5 Å². The fourth-order valence-corrected chi connectivity index (χ4v) is 1.72. The van der Waals surface area contributed by atoms with Crippen LogP contribution in [-0.4, -0.2) is 27.2 Å². The Labute approximate surface area is 118 Å². The van der Waals surface area contributed by atoms with Gasteiger partial charge in [0.15, 0.2) is 0 Å². The number of amides is 1. The molecular weight excluding hydrogens is 281 g/mol. The molecule has 0 unspecified atom stereocenters. The number of carbonyl (C=O) groups excluding carboxylic acids is 1. The summed E-state index contributed by atoms with van der Waals surface area (Å²) in [6.07, 6.45) is 0. The predicted molar refractivity (Wildman–Crippen MR) is 71.1 cm³/mol. The van der Waals surface area contributed by atoms with Crippen LogP contribution in [0.4, 0.5) is 10.1 Å². The summed E-state index contributed by atoms with van der Waals surface area (Å²) in [5, 5.41) is 30.0. The molecular formula is C14H10FNO5. The number of nitrogens with one attached hydrogen (secondary N) is 1. The topological polar surface area (TPSA) is 107 Å². The molecule has 0 spiro atoms. The number of hydrogen-bond donors (Lipinski definition) is 4. The molecule has 21 heavy (non-hydrogen) atoms. The zero-order valence-electron chi connectivity index (χ0n) is 10.5. The first-order valence-electron chi connectivity index (χ1n) is 5.75. The number of anilines is 1. The fourth-order valence-electron chi connectivity index (χ4n) is 1.72. The number of halogens is 1. The molecule has 2 aromatic carbocycles. The van der Waals surface area contributed by atoms with E-state index >= 15 is 0 Å². The Hall–Kier alpha value is -3.09. The van der Waals surface area contributed by atoms with E-state index in [1.807, 2.05) is 0 Å². The molecule has 108 valence electrons. The minimum absolute atomic E-state index is 0.00912. The van der Waals surface area contributed by atoms with Crippen LogP contribution in [0.2, 0.25) is 0 Å². The van der Waals surface area contributed by atoms with Crippen LogP contribution < -0.4 is 5.32 Å². The van der Waals surface area contributed by atoms with Crippen molar-refractivity contribution in [1.82, 2.24) is 0 Å². The van der Waals surface area contributed by atoms with Gasteiger partial charge in [0.1, 0.15) is 22.9 Å². The van der Waals surface area contributed by atoms with Crippen LogP contribution in [0.5, 0.6) is 11.5 Å². The molecule has 0 aliphatic carbocycles. The summed E-state index contributed by atoms with van der Waals surface area (Å²) in [5.74, 6) is -4.16. The summed E-state index contributed by atoms with van der Waals surface area (Å²) in [6, 6.07) is 6.80. The zero-order chi connectivity index (χ0) is 15.6. The molecule has 0 aliphatic heterocycles. The average Bonchev–Trinajstić information content (AvgIpc) is 2.37. The highest BCUT2D eigenvalue weighted by molar-refractivity contribution is 6.08. The molecule has 4 N–H and O–H groups in total. The van der Waals surface area contributed by atoms with Gasteiger partial charge in [0.2, 0.25) is 0 Å². The number of aromatic carboxylic acids is 1. The van der Waals surface area contributed by atoms with Gasteiger partial charge in [-0.05, 0) is 30.3 Å². The minimum Gasteiger partial charge on any atom is -0.507 e. The Morgan fingerprint density at radius 2 is 1.67 bits per heavy atom. The van der Waals surface area contributed by atoms with Crippen molar-refractivity contribution in [1.29, 1.82) is 0 Å². The van der Waals surface area contributed by atoms with Crippen molar-refractivity contribution in [2.24, 2.45) is 0 Å². The molecule has 0 saturated carbocycles. The molecule has 7 heteroatoms. The van der Waals surface area contributed by atoms with Crippen molar-refractivity contribution in [3.63, 3.8) is 0 Å². The van der Waals surface area contributed by atoms with Crippen LogP contribution in [0.1, 0.15) is 20.7 Å². The third kappa shape index (κ3) is 2.92. The van der Waals surface area contributed by atoms with E-state index in [9.17, 15) is 24.2 Å². The molecule has 0 aromatic heterocycles. The Kier molecular flexibility index (Phi) is 3.75. The lowest BCUT2D eigenvalue weighted by Crippen LogP contribution is -2.13. The quantitative estimate of drug-likeness (QED) is 0.693. The first-order chi connectivity index (χ1) is 9.90. The van der Waals surface area contributed by atoms with Gasteiger partial charge in [-0.15, -0.1) is 0 Å². The number of carboxylic acid groups (broad SMARTS) is 1. The smallest absolute Gasteiger partial charge is 0.338 e. The van der Waals surface area contributed by atoms with Crippen LogP contribution in [-0.2, 0) is 0 Å². The largest absolute Gasteiger partial charge is 0.507 e. The summed E-state index contributed by atoms with van der Waals surface area (Å²) in [6.45, 7) is 0. The maximum Gasteiger partial charge on any atom is 0.338 e. The number of hydrogen-bond acceptors (Lipinski definition) is 4. The van der Waals surface area contributed by atoms with E-state index in [0.717, 1.165) is 12.1 Å². The molecule has 0 saturated heterocycles. The summed E-state index contributed by atoms with van der Waals surface area (Å²) >= 11 is 0. The number of aromatic hydroxyl groups is 2. The van der Waals surface area contributed by atoms with E-state index in [-0.39, 0.29) is 11.3 Å². The molecule has 0 aliphatic rings. The lowest BCUT2D eigenvalue weighted by atomic mass is 10.1. The second-order valence-corrected chi connectivity index (χ2v) is 4.13. The second-order valence-electron chi connectivity index (χ2n) is 4.13. The number of rotatable bonds is 3. The predicted octanol–water partition coefficient (Wildman–Crippen LogP) is 2.19. The van der Waals surface area contributed by atoms with Gasteiger partial charge in [0, 0.05) is 5.69 Å². The third-order valence-electron chi connectivity index (χ3n) is 2.70. The molecule has 6 nitrogen and oxygen atoms in total. The second kappa shape index (κ2) is 5.49. The summed E-state index contributed by atoms with van der Waals surface area (Å²) in [5.41, 5.74) is -0.899. The van der Waals surface area contributed by atoms with E-state index in [1.165, 1.54) is 24.3 Å². The van der Waals surface area contributed by atoms with Crippen molar-refractivity contribution in [3.05, 3.63) is 53.3 Å². The maximum atomic E-state index is 13.5. The van der Waals surface area contributed by atoms with E-state index in [4.69, 9.17) is 5.11 Å². The standard InChI is InChI=1S/C14H10FNO5/c15-9-6-7(4-5-8(9)14(20)21)16-13(19)12-10(17)2-1-3-11(12)18/h1-6,17-18H,(H,16,19)(H,20,21). The Morgan fingerprint density at radius 3 is 2.19 bits per heavy atom. The van der Waals surface area contributed by atoms with Crippen LogP contribution >= 0.6 is 0 Å². The fraction of sp³-hybridized carbons (Fsp3) is 0. The molecule has 0 bridgehead atoms. The van der Waals surface area contributed by atoms with Crippen molar-refractivity contribution >= 4 is 17.6 Å². The van der Waals surface area contributed by atoms with Crippen LogP contribution in [0, 0.1) is 5.82 Å². The zero-order valence-corrected chi connectivity index (χ0v) is 10.5. The normalized spacial score (nSPS) is 10.1. The number of carboxylic acids is 1. The van der Waals surface area contributed by atoms with Gasteiger partial charge in [-0.25, -0.2) is 9.18 Å². The summed E-state index contributed by atoms with van der Waals surface area (Å²) in [7, 11) is 0. The number of phenols is 2. The van der Waals surface area contributed by atoms with Gasteiger partial charge in [-0.3, -0.25) is 4.79 Å². The molecule has 2 aromatic rings.